The van der Waals surface area contributed by atoms with E-state index in [1.54, 1.807) is 6.08 Å². The van der Waals surface area contributed by atoms with Gasteiger partial charge in [0.05, 0.1) is 6.42 Å². The maximum Gasteiger partial charge on any atom is 0.231 e. The molecular weight excluding hydrogens is 154 g/mol. The van der Waals surface area contributed by atoms with Gasteiger partial charge in [0.25, 0.3) is 0 Å². The molecule has 0 aliphatic carbocycles. The number of rotatable bonds is 0. The van der Waals surface area contributed by atoms with E-state index in [0.717, 1.165) is 0 Å². The van der Waals surface area contributed by atoms with Gasteiger partial charge in [0, 0.05) is 12.6 Å². The van der Waals surface area contributed by atoms with Crippen LogP contribution >= 0.6 is 12.4 Å². The molecule has 1 amide bonds. The van der Waals surface area contributed by atoms with Crippen LogP contribution in [0.2, 0.25) is 0 Å². The lowest BCUT2D eigenvalue weighted by Gasteiger charge is -1.90. The first-order chi connectivity index (χ1) is 4.29. The smallest absolute Gasteiger partial charge is 0.231 e. The average Bonchev–Trinajstić information content (AvgIpc) is 1.93. The normalized spacial score (nSPS) is 17.2. The second kappa shape index (κ2) is 4.06. The first kappa shape index (κ1) is 9.17. The quantitative estimate of drug-likeness (QED) is 0.523. The number of amides is 1. The van der Waals surface area contributed by atoms with E-state index in [4.69, 9.17) is 0 Å². The van der Waals surface area contributed by atoms with Gasteiger partial charge < -0.3 is 5.32 Å². The van der Waals surface area contributed by atoms with Gasteiger partial charge >= 0.3 is 0 Å². The summed E-state index contributed by atoms with van der Waals surface area (Å²) in [4.78, 5) is 21.1. The fourth-order valence-electron chi connectivity index (χ4n) is 0.645. The van der Waals surface area contributed by atoms with Gasteiger partial charge in [-0.25, -0.2) is 0 Å². The molecule has 0 saturated heterocycles. The van der Waals surface area contributed by atoms with Crippen LogP contribution < -0.4 is 5.32 Å². The molecule has 0 saturated carbocycles. The second-order valence-electron chi connectivity index (χ2n) is 1.89. The molecule has 0 atom stereocenters. The molecule has 1 rings (SSSR count). The van der Waals surface area contributed by atoms with Crippen LogP contribution in [-0.2, 0) is 9.59 Å². The Bertz CT molecular complexity index is 159. The summed E-state index contributed by atoms with van der Waals surface area (Å²) in [5.41, 5.74) is 0. The van der Waals surface area contributed by atoms with Crippen molar-refractivity contribution < 1.29 is 9.59 Å². The molecule has 0 aromatic rings. The molecule has 10 heavy (non-hydrogen) atoms. The highest BCUT2D eigenvalue weighted by Gasteiger charge is 2.08. The molecule has 1 aliphatic heterocycles. The van der Waals surface area contributed by atoms with E-state index < -0.39 is 0 Å². The fraction of sp³-hybridized carbons (Fsp3) is 0.333. The first-order valence-corrected chi connectivity index (χ1v) is 2.75. The highest BCUT2D eigenvalue weighted by Crippen LogP contribution is 1.94. The number of carbonyl (C=O) groups is 2. The Labute approximate surface area is 64.9 Å². The molecule has 0 unspecified atom stereocenters. The van der Waals surface area contributed by atoms with Crippen molar-refractivity contribution in [3.8, 4) is 0 Å². The minimum absolute atomic E-state index is 0. The molecule has 0 radical (unpaired) electrons. The minimum Gasteiger partial charge on any atom is -0.333 e. The van der Waals surface area contributed by atoms with Crippen molar-refractivity contribution in [2.75, 3.05) is 0 Å². The van der Waals surface area contributed by atoms with Gasteiger partial charge in [-0.1, -0.05) is 6.08 Å². The lowest BCUT2D eigenvalue weighted by atomic mass is 10.2. The van der Waals surface area contributed by atoms with E-state index in [1.165, 1.54) is 6.20 Å². The van der Waals surface area contributed by atoms with Crippen molar-refractivity contribution in [3.63, 3.8) is 0 Å². The zero-order valence-corrected chi connectivity index (χ0v) is 6.11. The van der Waals surface area contributed by atoms with Crippen LogP contribution in [0.5, 0.6) is 0 Å². The Morgan fingerprint density at radius 3 is 2.80 bits per heavy atom. The average molecular weight is 162 g/mol. The molecule has 0 aromatic heterocycles. The van der Waals surface area contributed by atoms with Crippen LogP contribution in [0, 0.1) is 0 Å². The van der Waals surface area contributed by atoms with Gasteiger partial charge in [0.15, 0.2) is 0 Å². The number of carbonyl (C=O) groups excluding carboxylic acids is 2. The summed E-state index contributed by atoms with van der Waals surface area (Å²) in [6.07, 6.45) is 3.55. The van der Waals surface area contributed by atoms with Crippen LogP contribution in [-0.4, -0.2) is 11.7 Å². The molecule has 0 fully saturated rings. The number of halogens is 1. The molecule has 1 N–H and O–H groups in total. The third kappa shape index (κ3) is 2.64. The number of allylic oxidation sites excluding steroid dienone is 1. The van der Waals surface area contributed by atoms with Crippen LogP contribution in [0.1, 0.15) is 12.8 Å². The largest absolute Gasteiger partial charge is 0.333 e. The van der Waals surface area contributed by atoms with E-state index in [2.05, 4.69) is 5.32 Å². The van der Waals surface area contributed by atoms with E-state index >= 15 is 0 Å². The standard InChI is InChI=1S/C6H7NO2.ClH/c8-5-2-1-3-7-6(9)4-5;/h1,3H,2,4H2,(H,7,9);1H. The third-order valence-electron chi connectivity index (χ3n) is 1.07. The van der Waals surface area contributed by atoms with Gasteiger partial charge in [-0.2, -0.15) is 0 Å². The minimum atomic E-state index is -0.214. The Morgan fingerprint density at radius 2 is 2.10 bits per heavy atom. The summed E-state index contributed by atoms with van der Waals surface area (Å²) < 4.78 is 0. The Balaban J connectivity index is 0.000000810. The summed E-state index contributed by atoms with van der Waals surface area (Å²) in [7, 11) is 0. The predicted molar refractivity (Wildman–Crippen MR) is 38.8 cm³/mol. The van der Waals surface area contributed by atoms with Crippen molar-refractivity contribution in [2.45, 2.75) is 12.8 Å². The van der Waals surface area contributed by atoms with Gasteiger partial charge in [-0.05, 0) is 0 Å². The molecule has 1 aliphatic rings. The van der Waals surface area contributed by atoms with E-state index in [-0.39, 0.29) is 30.5 Å². The number of ketones is 1. The number of hydrogen-bond donors (Lipinski definition) is 1. The van der Waals surface area contributed by atoms with Crippen molar-refractivity contribution in [2.24, 2.45) is 0 Å². The highest BCUT2D eigenvalue weighted by molar-refractivity contribution is 5.99. The monoisotopic (exact) mass is 161 g/mol. The zero-order chi connectivity index (χ0) is 6.69. The van der Waals surface area contributed by atoms with Crippen LogP contribution in [0.3, 0.4) is 0 Å². The van der Waals surface area contributed by atoms with Crippen molar-refractivity contribution in [1.29, 1.82) is 0 Å². The summed E-state index contributed by atoms with van der Waals surface area (Å²) >= 11 is 0. The maximum atomic E-state index is 10.6. The summed E-state index contributed by atoms with van der Waals surface area (Å²) in [5.74, 6) is -0.241. The van der Waals surface area contributed by atoms with Gasteiger partial charge in [-0.15, -0.1) is 12.4 Å². The Hall–Kier alpha value is -0.830. The maximum absolute atomic E-state index is 10.6. The molecule has 0 spiro atoms. The molecular formula is C6H8ClNO2. The van der Waals surface area contributed by atoms with Crippen molar-refractivity contribution in [1.82, 2.24) is 5.32 Å². The van der Waals surface area contributed by atoms with E-state index in [1.807, 2.05) is 0 Å². The zero-order valence-electron chi connectivity index (χ0n) is 5.29. The third-order valence-corrected chi connectivity index (χ3v) is 1.07. The topological polar surface area (TPSA) is 46.2 Å². The lowest BCUT2D eigenvalue weighted by Crippen LogP contribution is -2.17. The molecule has 56 valence electrons. The molecule has 0 bridgehead atoms. The number of Topliss-reactive ketones (excluding diaryl/α,β-unsaturated/α-hetero) is 1. The SMILES string of the molecule is Cl.O=C1CC=CNC(=O)C1. The molecule has 4 heteroatoms. The van der Waals surface area contributed by atoms with Gasteiger partial charge in [-0.3, -0.25) is 9.59 Å². The molecule has 3 nitrogen and oxygen atoms in total. The lowest BCUT2D eigenvalue weighted by molar-refractivity contribution is -0.126. The van der Waals surface area contributed by atoms with Gasteiger partial charge in [0.2, 0.25) is 5.91 Å². The van der Waals surface area contributed by atoms with Crippen molar-refractivity contribution >= 4 is 24.1 Å². The van der Waals surface area contributed by atoms with Crippen LogP contribution in [0.15, 0.2) is 12.3 Å². The number of nitrogens with one attached hydrogen (secondary N) is 1. The summed E-state index contributed by atoms with van der Waals surface area (Å²) in [6, 6.07) is 0. The Morgan fingerprint density at radius 1 is 1.40 bits per heavy atom. The highest BCUT2D eigenvalue weighted by atomic mass is 35.5. The number of hydrogen-bond acceptors (Lipinski definition) is 2. The summed E-state index contributed by atoms with van der Waals surface area (Å²) in [6.45, 7) is 0. The molecule has 0 aromatic carbocycles. The van der Waals surface area contributed by atoms with Crippen LogP contribution in [0.25, 0.3) is 0 Å². The van der Waals surface area contributed by atoms with E-state index in [9.17, 15) is 9.59 Å². The second-order valence-corrected chi connectivity index (χ2v) is 1.89. The van der Waals surface area contributed by atoms with Crippen LogP contribution in [0.4, 0.5) is 0 Å². The van der Waals surface area contributed by atoms with Gasteiger partial charge in [0.1, 0.15) is 5.78 Å². The Kier molecular flexibility index (Phi) is 3.72. The van der Waals surface area contributed by atoms with Crippen molar-refractivity contribution in [3.05, 3.63) is 12.3 Å². The molecule has 1 heterocycles. The predicted octanol–water partition coefficient (Wildman–Crippen LogP) is 0.401. The fourth-order valence-corrected chi connectivity index (χ4v) is 0.645. The summed E-state index contributed by atoms with van der Waals surface area (Å²) in [5, 5.41) is 2.43. The van der Waals surface area contributed by atoms with E-state index in [0.29, 0.717) is 6.42 Å². The first-order valence-electron chi connectivity index (χ1n) is 2.75.